The van der Waals surface area contributed by atoms with E-state index in [2.05, 4.69) is 0 Å². The van der Waals surface area contributed by atoms with Gasteiger partial charge >= 0.3 is 0 Å². The predicted molar refractivity (Wildman–Crippen MR) is 63.4 cm³/mol. The molecule has 0 bridgehead atoms. The lowest BCUT2D eigenvalue weighted by atomic mass is 9.92. The van der Waals surface area contributed by atoms with E-state index in [-0.39, 0.29) is 17.7 Å². The lowest BCUT2D eigenvalue weighted by molar-refractivity contribution is 0.0837. The molecular weight excluding hydrogens is 221 g/mol. The molecule has 0 fully saturated rings. The summed E-state index contributed by atoms with van der Waals surface area (Å²) < 4.78 is 19.5. The molecule has 94 valence electrons. The van der Waals surface area contributed by atoms with Gasteiger partial charge in [-0.3, -0.25) is 0 Å². The third-order valence-electron chi connectivity index (χ3n) is 3.14. The standard InChI is InChI=1S/C13H18FNO2/c1-13(2)4-3-8-5-9(11(16)7-15)10(14)6-12(8)17-13/h5-6,11,16H,3-4,7,15H2,1-2H3. The molecule has 17 heavy (non-hydrogen) atoms. The highest BCUT2D eigenvalue weighted by Crippen LogP contribution is 2.35. The zero-order valence-corrected chi connectivity index (χ0v) is 10.2. The summed E-state index contributed by atoms with van der Waals surface area (Å²) >= 11 is 0. The summed E-state index contributed by atoms with van der Waals surface area (Å²) in [6, 6.07) is 3.02. The fraction of sp³-hybridized carbons (Fsp3) is 0.538. The van der Waals surface area contributed by atoms with Gasteiger partial charge < -0.3 is 15.6 Å². The van der Waals surface area contributed by atoms with Crippen molar-refractivity contribution < 1.29 is 14.2 Å². The number of hydrogen-bond donors (Lipinski definition) is 2. The number of aliphatic hydroxyl groups is 1. The highest BCUT2D eigenvalue weighted by Gasteiger charge is 2.28. The van der Waals surface area contributed by atoms with E-state index in [1.807, 2.05) is 13.8 Å². The summed E-state index contributed by atoms with van der Waals surface area (Å²) in [6.45, 7) is 3.98. The predicted octanol–water partition coefficient (Wildman–Crippen LogP) is 1.92. The monoisotopic (exact) mass is 239 g/mol. The van der Waals surface area contributed by atoms with Gasteiger partial charge in [0.05, 0.1) is 6.10 Å². The first-order valence-corrected chi connectivity index (χ1v) is 5.82. The molecule has 1 atom stereocenters. The molecule has 3 N–H and O–H groups in total. The molecule has 1 aliphatic heterocycles. The van der Waals surface area contributed by atoms with Crippen LogP contribution in [0, 0.1) is 5.82 Å². The van der Waals surface area contributed by atoms with Gasteiger partial charge in [-0.1, -0.05) is 0 Å². The van der Waals surface area contributed by atoms with Gasteiger partial charge in [-0.2, -0.15) is 0 Å². The molecule has 1 aromatic carbocycles. The molecule has 2 rings (SSSR count). The number of fused-ring (bicyclic) bond motifs is 1. The molecule has 1 heterocycles. The molecule has 0 saturated heterocycles. The van der Waals surface area contributed by atoms with E-state index in [1.165, 1.54) is 6.07 Å². The van der Waals surface area contributed by atoms with Gasteiger partial charge in [0.2, 0.25) is 0 Å². The number of rotatable bonds is 2. The first-order valence-electron chi connectivity index (χ1n) is 5.82. The van der Waals surface area contributed by atoms with E-state index >= 15 is 0 Å². The summed E-state index contributed by atoms with van der Waals surface area (Å²) in [5.74, 6) is 0.117. The second-order valence-electron chi connectivity index (χ2n) is 5.09. The Labute approximate surface area is 100 Å². The SMILES string of the molecule is CC1(C)CCc2cc(C(O)CN)c(F)cc2O1. The molecule has 4 heteroatoms. The van der Waals surface area contributed by atoms with Crippen LogP contribution < -0.4 is 10.5 Å². The minimum Gasteiger partial charge on any atom is -0.487 e. The van der Waals surface area contributed by atoms with Crippen molar-refractivity contribution in [2.75, 3.05) is 6.54 Å². The van der Waals surface area contributed by atoms with Crippen LogP contribution >= 0.6 is 0 Å². The van der Waals surface area contributed by atoms with Crippen molar-refractivity contribution in [2.45, 2.75) is 38.4 Å². The minimum atomic E-state index is -0.949. The number of halogens is 1. The largest absolute Gasteiger partial charge is 0.487 e. The van der Waals surface area contributed by atoms with Crippen molar-refractivity contribution in [1.82, 2.24) is 0 Å². The van der Waals surface area contributed by atoms with Crippen LogP contribution in [0.2, 0.25) is 0 Å². The number of aryl methyl sites for hydroxylation is 1. The molecule has 3 nitrogen and oxygen atoms in total. The average Bonchev–Trinajstić information content (AvgIpc) is 2.26. The fourth-order valence-electron chi connectivity index (χ4n) is 2.08. The van der Waals surface area contributed by atoms with Gasteiger partial charge in [0.15, 0.2) is 0 Å². The number of ether oxygens (including phenoxy) is 1. The van der Waals surface area contributed by atoms with E-state index in [0.717, 1.165) is 18.4 Å². The van der Waals surface area contributed by atoms with Crippen molar-refractivity contribution in [3.8, 4) is 5.75 Å². The Morgan fingerprint density at radius 1 is 1.53 bits per heavy atom. The summed E-state index contributed by atoms with van der Waals surface area (Å²) in [7, 11) is 0. The minimum absolute atomic E-state index is 0.0159. The van der Waals surface area contributed by atoms with Gasteiger partial charge in [0.25, 0.3) is 0 Å². The van der Waals surface area contributed by atoms with Crippen LogP contribution in [0.15, 0.2) is 12.1 Å². The molecular formula is C13H18FNO2. The van der Waals surface area contributed by atoms with Crippen molar-refractivity contribution in [2.24, 2.45) is 5.73 Å². The van der Waals surface area contributed by atoms with Crippen molar-refractivity contribution in [3.05, 3.63) is 29.1 Å². The Balaban J connectivity index is 2.39. The summed E-state index contributed by atoms with van der Waals surface area (Å²) in [5.41, 5.74) is 6.28. The van der Waals surface area contributed by atoms with Crippen LogP contribution in [-0.2, 0) is 6.42 Å². The van der Waals surface area contributed by atoms with Crippen LogP contribution in [0.3, 0.4) is 0 Å². The van der Waals surface area contributed by atoms with Gasteiger partial charge in [-0.15, -0.1) is 0 Å². The summed E-state index contributed by atoms with van der Waals surface area (Å²) in [5, 5.41) is 9.61. The maximum absolute atomic E-state index is 13.8. The number of benzene rings is 1. The van der Waals surface area contributed by atoms with Crippen LogP contribution in [-0.4, -0.2) is 17.3 Å². The van der Waals surface area contributed by atoms with E-state index in [0.29, 0.717) is 5.75 Å². The van der Waals surface area contributed by atoms with E-state index < -0.39 is 11.9 Å². The molecule has 1 unspecified atom stereocenters. The van der Waals surface area contributed by atoms with E-state index in [9.17, 15) is 9.50 Å². The molecule has 0 aliphatic carbocycles. The van der Waals surface area contributed by atoms with Gasteiger partial charge in [0, 0.05) is 18.2 Å². The van der Waals surface area contributed by atoms with Crippen LogP contribution in [0.25, 0.3) is 0 Å². The maximum atomic E-state index is 13.8. The van der Waals surface area contributed by atoms with Crippen molar-refractivity contribution in [3.63, 3.8) is 0 Å². The summed E-state index contributed by atoms with van der Waals surface area (Å²) in [6.07, 6.45) is 0.756. The van der Waals surface area contributed by atoms with Gasteiger partial charge in [-0.05, 0) is 38.3 Å². The molecule has 0 amide bonds. The molecule has 1 aliphatic rings. The Hall–Kier alpha value is -1.13. The second-order valence-corrected chi connectivity index (χ2v) is 5.09. The zero-order chi connectivity index (χ0) is 12.6. The topological polar surface area (TPSA) is 55.5 Å². The van der Waals surface area contributed by atoms with Crippen LogP contribution in [0.5, 0.6) is 5.75 Å². The molecule has 1 aromatic rings. The average molecular weight is 239 g/mol. The lowest BCUT2D eigenvalue weighted by Gasteiger charge is -2.33. The third kappa shape index (κ3) is 2.42. The van der Waals surface area contributed by atoms with Gasteiger partial charge in [-0.25, -0.2) is 4.39 Å². The molecule has 0 aromatic heterocycles. The maximum Gasteiger partial charge on any atom is 0.132 e. The number of aliphatic hydroxyl groups excluding tert-OH is 1. The highest BCUT2D eigenvalue weighted by molar-refractivity contribution is 5.41. The normalized spacial score (nSPS) is 19.4. The van der Waals surface area contributed by atoms with Crippen molar-refractivity contribution in [1.29, 1.82) is 0 Å². The first-order chi connectivity index (χ1) is 7.93. The van der Waals surface area contributed by atoms with Gasteiger partial charge in [0.1, 0.15) is 17.2 Å². The third-order valence-corrected chi connectivity index (χ3v) is 3.14. The summed E-state index contributed by atoms with van der Waals surface area (Å²) in [4.78, 5) is 0. The van der Waals surface area contributed by atoms with Crippen LogP contribution in [0.1, 0.15) is 37.5 Å². The second kappa shape index (κ2) is 4.27. The smallest absolute Gasteiger partial charge is 0.132 e. The lowest BCUT2D eigenvalue weighted by Crippen LogP contribution is -2.32. The molecule has 0 radical (unpaired) electrons. The zero-order valence-electron chi connectivity index (χ0n) is 10.2. The Morgan fingerprint density at radius 3 is 2.88 bits per heavy atom. The van der Waals surface area contributed by atoms with Crippen LogP contribution in [0.4, 0.5) is 4.39 Å². The highest BCUT2D eigenvalue weighted by atomic mass is 19.1. The molecule has 0 saturated carbocycles. The molecule has 0 spiro atoms. The fourth-order valence-corrected chi connectivity index (χ4v) is 2.08. The van der Waals surface area contributed by atoms with E-state index in [1.54, 1.807) is 6.07 Å². The Morgan fingerprint density at radius 2 is 2.24 bits per heavy atom. The number of hydrogen-bond acceptors (Lipinski definition) is 3. The Kier molecular flexibility index (Phi) is 3.10. The first kappa shape index (κ1) is 12.3. The van der Waals surface area contributed by atoms with Crippen molar-refractivity contribution >= 4 is 0 Å². The quantitative estimate of drug-likeness (QED) is 0.829. The number of nitrogens with two attached hydrogens (primary N) is 1. The van der Waals surface area contributed by atoms with E-state index in [4.69, 9.17) is 10.5 Å². The Bertz CT molecular complexity index is 432.